The van der Waals surface area contributed by atoms with E-state index in [9.17, 15) is 24.6 Å². The van der Waals surface area contributed by atoms with Crippen LogP contribution < -0.4 is 14.8 Å². The van der Waals surface area contributed by atoms with E-state index < -0.39 is 24.2 Å². The Balaban J connectivity index is 1.97. The molecule has 1 saturated heterocycles. The first-order chi connectivity index (χ1) is 18.8. The first kappa shape index (κ1) is 31.3. The van der Waals surface area contributed by atoms with Gasteiger partial charge in [-0.1, -0.05) is 26.2 Å². The van der Waals surface area contributed by atoms with Crippen molar-refractivity contribution in [3.05, 3.63) is 32.9 Å². The van der Waals surface area contributed by atoms with Gasteiger partial charge in [0.15, 0.2) is 11.5 Å². The molecule has 0 spiro atoms. The molecule has 0 saturated carbocycles. The third-order valence-corrected chi connectivity index (χ3v) is 7.87. The molecule has 3 rings (SSSR count). The lowest BCUT2D eigenvalue weighted by molar-refractivity contribution is -0.143. The van der Waals surface area contributed by atoms with Gasteiger partial charge in [0.1, 0.15) is 18.5 Å². The molecule has 0 aromatic heterocycles. The van der Waals surface area contributed by atoms with Crippen LogP contribution in [0.5, 0.6) is 11.5 Å². The van der Waals surface area contributed by atoms with E-state index in [1.54, 1.807) is 23.1 Å². The summed E-state index contributed by atoms with van der Waals surface area (Å²) in [7, 11) is 1.46. The first-order valence-corrected chi connectivity index (χ1v) is 14.6. The van der Waals surface area contributed by atoms with Crippen LogP contribution >= 0.6 is 22.6 Å². The highest BCUT2D eigenvalue weighted by Crippen LogP contribution is 2.37. The van der Waals surface area contributed by atoms with Crippen molar-refractivity contribution in [1.29, 1.82) is 0 Å². The molecular weight excluding hydrogens is 619 g/mol. The molecule has 1 aliphatic carbocycles. The van der Waals surface area contributed by atoms with Gasteiger partial charge >= 0.3 is 0 Å². The standard InChI is InChI=1S/C28H39IN2O8/c1-3-4-5-6-9-31(28(36)19-7-11-38-17-19)22-14-20(27(35)30-8-10-32)15-23(25(22)34)39-26-21(29)12-18(16-33)13-24(26)37-2/h12-13,15-16,19,22-23,25,32,34H,3-11,14,17H2,1-2H3,(H,30,35). The monoisotopic (exact) mass is 658 g/mol. The molecule has 4 atom stereocenters. The van der Waals surface area contributed by atoms with Crippen molar-refractivity contribution in [2.24, 2.45) is 5.92 Å². The molecule has 11 heteroatoms. The van der Waals surface area contributed by atoms with Crippen LogP contribution in [0.25, 0.3) is 0 Å². The van der Waals surface area contributed by atoms with Crippen LogP contribution in [0.2, 0.25) is 0 Å². The SMILES string of the molecule is CCCCCCN(C(=O)C1CCOC1)C1CC(C(=O)NCCO)=CC(Oc2c(I)cc(C=O)cc2OC)C1O. The summed E-state index contributed by atoms with van der Waals surface area (Å²) in [6, 6.07) is 2.47. The van der Waals surface area contributed by atoms with E-state index in [4.69, 9.17) is 14.2 Å². The number of rotatable bonds is 14. The van der Waals surface area contributed by atoms with Gasteiger partial charge in [-0.3, -0.25) is 14.4 Å². The number of ether oxygens (including phenoxy) is 3. The van der Waals surface area contributed by atoms with Crippen molar-refractivity contribution >= 4 is 40.7 Å². The molecule has 2 amide bonds. The Morgan fingerprint density at radius 2 is 2.08 bits per heavy atom. The highest BCUT2D eigenvalue weighted by Gasteiger charge is 2.42. The molecule has 1 heterocycles. The van der Waals surface area contributed by atoms with Crippen LogP contribution in [0.1, 0.15) is 55.8 Å². The Morgan fingerprint density at radius 3 is 2.72 bits per heavy atom. The number of unbranched alkanes of at least 4 members (excludes halogenated alkanes) is 3. The number of aliphatic hydroxyl groups excluding tert-OH is 2. The molecule has 2 aliphatic rings. The van der Waals surface area contributed by atoms with E-state index >= 15 is 0 Å². The molecule has 1 aromatic rings. The van der Waals surface area contributed by atoms with Gasteiger partial charge in [-0.2, -0.15) is 0 Å². The fourth-order valence-corrected chi connectivity index (χ4v) is 5.70. The van der Waals surface area contributed by atoms with E-state index in [0.29, 0.717) is 58.7 Å². The summed E-state index contributed by atoms with van der Waals surface area (Å²) < 4.78 is 17.8. The summed E-state index contributed by atoms with van der Waals surface area (Å²) in [6.45, 7) is 3.28. The van der Waals surface area contributed by atoms with Gasteiger partial charge in [-0.25, -0.2) is 0 Å². The van der Waals surface area contributed by atoms with Crippen LogP contribution in [0.4, 0.5) is 0 Å². The third kappa shape index (κ3) is 8.15. The van der Waals surface area contributed by atoms with Crippen molar-refractivity contribution < 1.29 is 38.8 Å². The quantitative estimate of drug-likeness (QED) is 0.158. The number of benzene rings is 1. The minimum absolute atomic E-state index is 0.0763. The molecule has 4 unspecified atom stereocenters. The van der Waals surface area contributed by atoms with Crippen LogP contribution in [0.3, 0.4) is 0 Å². The molecular formula is C28H39IN2O8. The zero-order valence-electron chi connectivity index (χ0n) is 22.6. The zero-order chi connectivity index (χ0) is 28.4. The first-order valence-electron chi connectivity index (χ1n) is 13.5. The summed E-state index contributed by atoms with van der Waals surface area (Å²) in [6.07, 6.45) is 4.73. The number of nitrogens with one attached hydrogen (secondary N) is 1. The van der Waals surface area contributed by atoms with E-state index in [-0.39, 0.29) is 31.4 Å². The predicted molar refractivity (Wildman–Crippen MR) is 153 cm³/mol. The van der Waals surface area contributed by atoms with E-state index in [1.165, 1.54) is 7.11 Å². The lowest BCUT2D eigenvalue weighted by Crippen LogP contribution is -2.56. The van der Waals surface area contributed by atoms with E-state index in [0.717, 1.165) is 25.7 Å². The van der Waals surface area contributed by atoms with Gasteiger partial charge in [0, 0.05) is 37.3 Å². The summed E-state index contributed by atoms with van der Waals surface area (Å²) in [5, 5.41) is 23.5. The van der Waals surface area contributed by atoms with Crippen LogP contribution in [0.15, 0.2) is 23.8 Å². The molecule has 0 bridgehead atoms. The number of nitrogens with zero attached hydrogens (tertiary/aromatic N) is 1. The highest BCUT2D eigenvalue weighted by molar-refractivity contribution is 14.1. The maximum Gasteiger partial charge on any atom is 0.247 e. The zero-order valence-corrected chi connectivity index (χ0v) is 24.7. The number of amides is 2. The second kappa shape index (κ2) is 15.5. The minimum atomic E-state index is -1.14. The number of hydrogen-bond acceptors (Lipinski definition) is 8. The molecule has 1 aromatic carbocycles. The molecule has 216 valence electrons. The van der Waals surface area contributed by atoms with Crippen molar-refractivity contribution in [2.45, 2.75) is 63.7 Å². The normalized spacial score (nSPS) is 22.6. The summed E-state index contributed by atoms with van der Waals surface area (Å²) in [4.78, 5) is 39.7. The van der Waals surface area contributed by atoms with E-state index in [1.807, 2.05) is 22.6 Å². The number of aldehydes is 1. The number of methoxy groups -OCH3 is 1. The van der Waals surface area contributed by atoms with Crippen molar-refractivity contribution in [3.63, 3.8) is 0 Å². The fourth-order valence-electron chi connectivity index (χ4n) is 4.95. The molecule has 3 N–H and O–H groups in total. The van der Waals surface area contributed by atoms with Gasteiger partial charge in [0.05, 0.1) is 35.9 Å². The topological polar surface area (TPSA) is 135 Å². The molecule has 39 heavy (non-hydrogen) atoms. The third-order valence-electron chi connectivity index (χ3n) is 7.07. The van der Waals surface area contributed by atoms with Crippen LogP contribution in [-0.4, -0.2) is 91.5 Å². The second-order valence-corrected chi connectivity index (χ2v) is 11.0. The maximum absolute atomic E-state index is 13.7. The Bertz CT molecular complexity index is 1030. The van der Waals surface area contributed by atoms with Gasteiger partial charge in [0.2, 0.25) is 11.8 Å². The summed E-state index contributed by atoms with van der Waals surface area (Å²) >= 11 is 2.03. The fraction of sp³-hybridized carbons (Fsp3) is 0.607. The predicted octanol–water partition coefficient (Wildman–Crippen LogP) is 2.47. The Morgan fingerprint density at radius 1 is 1.28 bits per heavy atom. The largest absolute Gasteiger partial charge is 0.493 e. The van der Waals surface area contributed by atoms with Gasteiger partial charge < -0.3 is 34.6 Å². The Hall–Kier alpha value is -2.22. The Kier molecular flexibility index (Phi) is 12.5. The second-order valence-electron chi connectivity index (χ2n) is 9.82. The molecule has 10 nitrogen and oxygen atoms in total. The lowest BCUT2D eigenvalue weighted by Gasteiger charge is -2.41. The maximum atomic E-state index is 13.7. The van der Waals surface area contributed by atoms with Gasteiger partial charge in [0.25, 0.3) is 0 Å². The molecule has 1 fully saturated rings. The average molecular weight is 659 g/mol. The van der Waals surface area contributed by atoms with Gasteiger partial charge in [-0.05, 0) is 53.6 Å². The number of carbonyl (C=O) groups excluding carboxylic acids is 3. The molecule has 0 radical (unpaired) electrons. The van der Waals surface area contributed by atoms with Crippen molar-refractivity contribution in [2.75, 3.05) is 40.0 Å². The number of carbonyl (C=O) groups is 3. The van der Waals surface area contributed by atoms with Crippen LogP contribution in [0, 0.1) is 9.49 Å². The Labute approximate surface area is 243 Å². The summed E-state index contributed by atoms with van der Waals surface area (Å²) in [5.41, 5.74) is 0.768. The van der Waals surface area contributed by atoms with Gasteiger partial charge in [-0.15, -0.1) is 0 Å². The number of hydrogen-bond donors (Lipinski definition) is 3. The number of halogens is 1. The highest BCUT2D eigenvalue weighted by atomic mass is 127. The smallest absolute Gasteiger partial charge is 0.247 e. The lowest BCUT2D eigenvalue weighted by atomic mass is 9.87. The number of aliphatic hydroxyl groups is 2. The average Bonchev–Trinajstić information content (AvgIpc) is 3.48. The van der Waals surface area contributed by atoms with Crippen molar-refractivity contribution in [1.82, 2.24) is 10.2 Å². The minimum Gasteiger partial charge on any atom is -0.493 e. The van der Waals surface area contributed by atoms with E-state index in [2.05, 4.69) is 12.2 Å². The van der Waals surface area contributed by atoms with Crippen LogP contribution in [-0.2, 0) is 14.3 Å². The summed E-state index contributed by atoms with van der Waals surface area (Å²) in [5.74, 6) is -0.142. The molecule has 1 aliphatic heterocycles. The van der Waals surface area contributed by atoms with Crippen molar-refractivity contribution in [3.8, 4) is 11.5 Å².